The highest BCUT2D eigenvalue weighted by molar-refractivity contribution is 9.11. The van der Waals surface area contributed by atoms with Gasteiger partial charge in [0.05, 0.1) is 18.0 Å². The van der Waals surface area contributed by atoms with E-state index in [1.165, 1.54) is 0 Å². The predicted octanol–water partition coefficient (Wildman–Crippen LogP) is 3.32. The van der Waals surface area contributed by atoms with Gasteiger partial charge in [-0.05, 0) is 49.1 Å². The van der Waals surface area contributed by atoms with Crippen LogP contribution in [0, 0.1) is 0 Å². The standard InChI is InChI=1S/C13H19Br2N3O2/c1-4-20-13(19)18(6-5-17(2)3)11-8-9(14)7-10(15)12(11)16/h7-8H,4-6,16H2,1-3H3. The number of carbonyl (C=O) groups is 1. The molecule has 0 aliphatic carbocycles. The summed E-state index contributed by atoms with van der Waals surface area (Å²) in [5.41, 5.74) is 7.21. The number of likely N-dealkylation sites (N-methyl/N-ethyl adjacent to an activating group) is 1. The largest absolute Gasteiger partial charge is 0.449 e. The van der Waals surface area contributed by atoms with Crippen molar-refractivity contribution in [2.45, 2.75) is 6.92 Å². The van der Waals surface area contributed by atoms with E-state index in [0.29, 0.717) is 31.1 Å². The SMILES string of the molecule is CCOC(=O)N(CCN(C)C)c1cc(Br)cc(Br)c1N. The summed E-state index contributed by atoms with van der Waals surface area (Å²) in [6.45, 7) is 3.32. The van der Waals surface area contributed by atoms with Gasteiger partial charge in [-0.25, -0.2) is 4.79 Å². The molecule has 1 aromatic rings. The molecule has 0 bridgehead atoms. The van der Waals surface area contributed by atoms with Crippen LogP contribution in [-0.4, -0.2) is 44.8 Å². The number of amides is 1. The lowest BCUT2D eigenvalue weighted by Gasteiger charge is -2.25. The number of anilines is 2. The van der Waals surface area contributed by atoms with E-state index < -0.39 is 6.09 Å². The van der Waals surface area contributed by atoms with Gasteiger partial charge in [-0.3, -0.25) is 4.90 Å². The average Bonchev–Trinajstić information content (AvgIpc) is 2.35. The molecule has 112 valence electrons. The van der Waals surface area contributed by atoms with Crippen molar-refractivity contribution in [3.05, 3.63) is 21.1 Å². The lowest BCUT2D eigenvalue weighted by Crippen LogP contribution is -2.37. The summed E-state index contributed by atoms with van der Waals surface area (Å²) in [5.74, 6) is 0. The second kappa shape index (κ2) is 7.85. The van der Waals surface area contributed by atoms with Crippen molar-refractivity contribution in [2.75, 3.05) is 44.4 Å². The topological polar surface area (TPSA) is 58.8 Å². The lowest BCUT2D eigenvalue weighted by atomic mass is 10.2. The summed E-state index contributed by atoms with van der Waals surface area (Å²) in [7, 11) is 3.90. The van der Waals surface area contributed by atoms with Crippen LogP contribution in [0.4, 0.5) is 16.2 Å². The number of halogens is 2. The molecule has 5 nitrogen and oxygen atoms in total. The first kappa shape index (κ1) is 17.3. The van der Waals surface area contributed by atoms with Crippen LogP contribution in [0.3, 0.4) is 0 Å². The van der Waals surface area contributed by atoms with Crippen LogP contribution < -0.4 is 10.6 Å². The smallest absolute Gasteiger partial charge is 0.414 e. The number of nitrogens with zero attached hydrogens (tertiary/aromatic N) is 2. The zero-order valence-electron chi connectivity index (χ0n) is 11.8. The van der Waals surface area contributed by atoms with Gasteiger partial charge in [-0.15, -0.1) is 0 Å². The minimum Gasteiger partial charge on any atom is -0.449 e. The third-order valence-corrected chi connectivity index (χ3v) is 3.74. The maximum atomic E-state index is 12.1. The Labute approximate surface area is 136 Å². The van der Waals surface area contributed by atoms with Crippen LogP contribution in [0.1, 0.15) is 6.92 Å². The van der Waals surface area contributed by atoms with E-state index in [-0.39, 0.29) is 0 Å². The van der Waals surface area contributed by atoms with Crippen LogP contribution in [-0.2, 0) is 4.74 Å². The summed E-state index contributed by atoms with van der Waals surface area (Å²) < 4.78 is 6.69. The van der Waals surface area contributed by atoms with Crippen molar-refractivity contribution in [2.24, 2.45) is 0 Å². The summed E-state index contributed by atoms with van der Waals surface area (Å²) in [5, 5.41) is 0. The van der Waals surface area contributed by atoms with Crippen LogP contribution in [0.2, 0.25) is 0 Å². The van der Waals surface area contributed by atoms with Gasteiger partial charge in [0.2, 0.25) is 0 Å². The van der Waals surface area contributed by atoms with E-state index in [0.717, 1.165) is 8.95 Å². The van der Waals surface area contributed by atoms with E-state index >= 15 is 0 Å². The molecule has 7 heteroatoms. The zero-order chi connectivity index (χ0) is 15.3. The number of hydrogen-bond donors (Lipinski definition) is 1. The van der Waals surface area contributed by atoms with Crippen molar-refractivity contribution in [3.8, 4) is 0 Å². The fraction of sp³-hybridized carbons (Fsp3) is 0.462. The Morgan fingerprint density at radius 1 is 1.30 bits per heavy atom. The Morgan fingerprint density at radius 2 is 1.95 bits per heavy atom. The van der Waals surface area contributed by atoms with Crippen molar-refractivity contribution < 1.29 is 9.53 Å². The third-order valence-electron chi connectivity index (χ3n) is 2.62. The molecule has 0 fully saturated rings. The van der Waals surface area contributed by atoms with Crippen molar-refractivity contribution in [3.63, 3.8) is 0 Å². The van der Waals surface area contributed by atoms with Gasteiger partial charge in [0.1, 0.15) is 0 Å². The number of benzene rings is 1. The summed E-state index contributed by atoms with van der Waals surface area (Å²) in [6.07, 6.45) is -0.397. The third kappa shape index (κ3) is 4.64. The lowest BCUT2D eigenvalue weighted by molar-refractivity contribution is 0.159. The molecule has 0 unspecified atom stereocenters. The second-order valence-electron chi connectivity index (χ2n) is 4.47. The van der Waals surface area contributed by atoms with Crippen molar-refractivity contribution in [1.29, 1.82) is 0 Å². The predicted molar refractivity (Wildman–Crippen MR) is 89.2 cm³/mol. The molecule has 0 heterocycles. The molecule has 1 rings (SSSR count). The fourth-order valence-corrected chi connectivity index (χ4v) is 2.81. The number of nitrogen functional groups attached to an aromatic ring is 1. The highest BCUT2D eigenvalue weighted by atomic mass is 79.9. The Kier molecular flexibility index (Phi) is 6.78. The summed E-state index contributed by atoms with van der Waals surface area (Å²) in [6, 6.07) is 3.65. The molecule has 0 aromatic heterocycles. The fourth-order valence-electron chi connectivity index (χ4n) is 1.61. The molecule has 0 spiro atoms. The Balaban J connectivity index is 3.12. The van der Waals surface area contributed by atoms with Crippen LogP contribution in [0.15, 0.2) is 21.1 Å². The van der Waals surface area contributed by atoms with Gasteiger partial charge in [0.15, 0.2) is 0 Å². The highest BCUT2D eigenvalue weighted by Gasteiger charge is 2.21. The van der Waals surface area contributed by atoms with E-state index in [4.69, 9.17) is 10.5 Å². The Bertz CT molecular complexity index is 481. The first-order valence-electron chi connectivity index (χ1n) is 6.20. The molecule has 1 aromatic carbocycles. The first-order chi connectivity index (χ1) is 9.36. The van der Waals surface area contributed by atoms with Crippen LogP contribution in [0.25, 0.3) is 0 Å². The van der Waals surface area contributed by atoms with E-state index in [2.05, 4.69) is 31.9 Å². The quantitative estimate of drug-likeness (QED) is 0.759. The number of rotatable bonds is 5. The highest BCUT2D eigenvalue weighted by Crippen LogP contribution is 2.34. The van der Waals surface area contributed by atoms with E-state index in [1.807, 2.05) is 31.1 Å². The van der Waals surface area contributed by atoms with E-state index in [9.17, 15) is 4.79 Å². The van der Waals surface area contributed by atoms with Gasteiger partial charge in [0.25, 0.3) is 0 Å². The average molecular weight is 409 g/mol. The molecule has 0 atom stereocenters. The maximum Gasteiger partial charge on any atom is 0.414 e. The summed E-state index contributed by atoms with van der Waals surface area (Å²) >= 11 is 6.80. The van der Waals surface area contributed by atoms with Gasteiger partial charge in [-0.1, -0.05) is 15.9 Å². The molecule has 1 amide bonds. The van der Waals surface area contributed by atoms with Gasteiger partial charge in [-0.2, -0.15) is 0 Å². The Hall–Kier alpha value is -0.790. The van der Waals surface area contributed by atoms with Crippen molar-refractivity contribution in [1.82, 2.24) is 4.90 Å². The minimum atomic E-state index is -0.397. The normalized spacial score (nSPS) is 10.7. The molecule has 20 heavy (non-hydrogen) atoms. The Morgan fingerprint density at radius 3 is 2.50 bits per heavy atom. The zero-order valence-corrected chi connectivity index (χ0v) is 15.0. The van der Waals surface area contributed by atoms with Gasteiger partial charge in [0, 0.05) is 22.0 Å². The van der Waals surface area contributed by atoms with Gasteiger partial charge >= 0.3 is 6.09 Å². The van der Waals surface area contributed by atoms with E-state index in [1.54, 1.807) is 11.8 Å². The number of carbonyl (C=O) groups excluding carboxylic acids is 1. The summed E-state index contributed by atoms with van der Waals surface area (Å²) in [4.78, 5) is 15.7. The molecule has 0 saturated heterocycles. The minimum absolute atomic E-state index is 0.326. The molecule has 0 radical (unpaired) electrons. The monoisotopic (exact) mass is 407 g/mol. The molecule has 0 saturated carbocycles. The van der Waals surface area contributed by atoms with Crippen molar-refractivity contribution >= 4 is 49.3 Å². The molecular weight excluding hydrogens is 390 g/mol. The second-order valence-corrected chi connectivity index (χ2v) is 6.24. The number of ether oxygens (including phenoxy) is 1. The molecule has 0 aliphatic rings. The number of hydrogen-bond acceptors (Lipinski definition) is 4. The first-order valence-corrected chi connectivity index (χ1v) is 7.79. The molecule has 0 aliphatic heterocycles. The van der Waals surface area contributed by atoms with Crippen LogP contribution in [0.5, 0.6) is 0 Å². The maximum absolute atomic E-state index is 12.1. The molecule has 2 N–H and O–H groups in total. The van der Waals surface area contributed by atoms with Crippen LogP contribution >= 0.6 is 31.9 Å². The number of nitrogens with two attached hydrogens (primary N) is 1. The van der Waals surface area contributed by atoms with Gasteiger partial charge < -0.3 is 15.4 Å². The molecular formula is C13H19Br2N3O2.